The monoisotopic (exact) mass is 237 g/mol. The molecular weight excluding hydrogens is 214 g/mol. The number of rotatable bonds is 5. The highest BCUT2D eigenvalue weighted by Crippen LogP contribution is 2.14. The molecule has 2 N–H and O–H groups in total. The summed E-state index contributed by atoms with van der Waals surface area (Å²) in [6.45, 7) is 9.43. The summed E-state index contributed by atoms with van der Waals surface area (Å²) in [6.07, 6.45) is 1.11. The third-order valence-electron chi connectivity index (χ3n) is 2.56. The van der Waals surface area contributed by atoms with Gasteiger partial charge in [0.25, 0.3) is 0 Å². The molecule has 1 rings (SSSR count). The number of nitrogens with zero attached hydrogens (tertiary/aromatic N) is 4. The van der Waals surface area contributed by atoms with Gasteiger partial charge in [-0.2, -0.15) is 15.0 Å². The van der Waals surface area contributed by atoms with Crippen LogP contribution in [0.2, 0.25) is 0 Å². The van der Waals surface area contributed by atoms with E-state index in [1.54, 1.807) is 0 Å². The zero-order chi connectivity index (χ0) is 13.0. The van der Waals surface area contributed by atoms with Gasteiger partial charge < -0.3 is 10.6 Å². The van der Waals surface area contributed by atoms with Crippen LogP contribution in [0.1, 0.15) is 45.9 Å². The molecule has 0 fully saturated rings. The third-order valence-corrected chi connectivity index (χ3v) is 2.56. The van der Waals surface area contributed by atoms with E-state index in [0.29, 0.717) is 17.8 Å². The normalized spacial score (nSPS) is 11.2. The molecule has 0 unspecified atom stereocenters. The lowest BCUT2D eigenvalue weighted by molar-refractivity contribution is 0.580. The van der Waals surface area contributed by atoms with E-state index in [1.165, 1.54) is 0 Å². The summed E-state index contributed by atoms with van der Waals surface area (Å²) >= 11 is 0. The predicted molar refractivity (Wildman–Crippen MR) is 71.1 cm³/mol. The molecule has 0 aromatic carbocycles. The van der Waals surface area contributed by atoms with Crippen molar-refractivity contribution in [2.24, 2.45) is 5.92 Å². The molecule has 17 heavy (non-hydrogen) atoms. The molecule has 0 saturated heterocycles. The number of nitrogen functional groups attached to an aromatic ring is 1. The Hall–Kier alpha value is -1.39. The van der Waals surface area contributed by atoms with Gasteiger partial charge in [-0.3, -0.25) is 0 Å². The van der Waals surface area contributed by atoms with Crippen LogP contribution in [0.3, 0.4) is 0 Å². The van der Waals surface area contributed by atoms with Gasteiger partial charge in [0.15, 0.2) is 0 Å². The van der Waals surface area contributed by atoms with Crippen molar-refractivity contribution in [2.75, 3.05) is 24.2 Å². The highest BCUT2D eigenvalue weighted by molar-refractivity contribution is 5.34. The molecule has 1 aromatic heterocycles. The lowest BCUT2D eigenvalue weighted by Crippen LogP contribution is -2.23. The van der Waals surface area contributed by atoms with Crippen LogP contribution < -0.4 is 10.6 Å². The first-order valence-electron chi connectivity index (χ1n) is 6.12. The second-order valence-corrected chi connectivity index (χ2v) is 5.11. The van der Waals surface area contributed by atoms with E-state index in [9.17, 15) is 0 Å². The van der Waals surface area contributed by atoms with Crippen LogP contribution in [0.5, 0.6) is 0 Å². The molecule has 0 aliphatic carbocycles. The Balaban J connectivity index is 2.82. The highest BCUT2D eigenvalue weighted by Gasteiger charge is 2.11. The van der Waals surface area contributed by atoms with Gasteiger partial charge in [0.1, 0.15) is 5.82 Å². The van der Waals surface area contributed by atoms with Crippen molar-refractivity contribution in [3.63, 3.8) is 0 Å². The van der Waals surface area contributed by atoms with Crippen LogP contribution in [0.4, 0.5) is 11.9 Å². The minimum Gasteiger partial charge on any atom is -0.368 e. The van der Waals surface area contributed by atoms with Gasteiger partial charge in [-0.25, -0.2) is 0 Å². The van der Waals surface area contributed by atoms with Gasteiger partial charge in [-0.05, 0) is 12.3 Å². The van der Waals surface area contributed by atoms with Gasteiger partial charge in [-0.1, -0.05) is 27.7 Å². The molecular formula is C12H23N5. The Labute approximate surface area is 103 Å². The van der Waals surface area contributed by atoms with Crippen LogP contribution >= 0.6 is 0 Å². The van der Waals surface area contributed by atoms with Crippen molar-refractivity contribution in [3.8, 4) is 0 Å². The van der Waals surface area contributed by atoms with Crippen LogP contribution in [0.15, 0.2) is 0 Å². The zero-order valence-electron chi connectivity index (χ0n) is 11.4. The Kier molecular flexibility index (Phi) is 4.66. The van der Waals surface area contributed by atoms with Gasteiger partial charge >= 0.3 is 0 Å². The Morgan fingerprint density at radius 1 is 1.12 bits per heavy atom. The summed E-state index contributed by atoms with van der Waals surface area (Å²) < 4.78 is 0. The average molecular weight is 237 g/mol. The SMILES string of the molecule is CC(C)CCN(C)c1nc(N)nc(C(C)C)n1. The molecule has 5 nitrogen and oxygen atoms in total. The van der Waals surface area contributed by atoms with Crippen molar-refractivity contribution < 1.29 is 0 Å². The topological polar surface area (TPSA) is 67.9 Å². The van der Waals surface area contributed by atoms with E-state index in [2.05, 4.69) is 28.8 Å². The minimum absolute atomic E-state index is 0.262. The van der Waals surface area contributed by atoms with Crippen molar-refractivity contribution in [3.05, 3.63) is 5.82 Å². The smallest absolute Gasteiger partial charge is 0.230 e. The lowest BCUT2D eigenvalue weighted by atomic mass is 10.1. The van der Waals surface area contributed by atoms with E-state index < -0.39 is 0 Å². The fraction of sp³-hybridized carbons (Fsp3) is 0.750. The van der Waals surface area contributed by atoms with E-state index in [-0.39, 0.29) is 5.92 Å². The Bertz CT molecular complexity index is 362. The van der Waals surface area contributed by atoms with Crippen LogP contribution in [-0.2, 0) is 0 Å². The van der Waals surface area contributed by atoms with E-state index in [0.717, 1.165) is 18.8 Å². The maximum atomic E-state index is 5.70. The first-order valence-corrected chi connectivity index (χ1v) is 6.12. The minimum atomic E-state index is 0.262. The Morgan fingerprint density at radius 2 is 1.76 bits per heavy atom. The first kappa shape index (κ1) is 13.7. The molecule has 96 valence electrons. The summed E-state index contributed by atoms with van der Waals surface area (Å²) in [7, 11) is 1.99. The quantitative estimate of drug-likeness (QED) is 0.849. The molecule has 0 saturated carbocycles. The summed E-state index contributed by atoms with van der Waals surface area (Å²) in [5, 5.41) is 0. The standard InChI is InChI=1S/C12H23N5/c1-8(2)6-7-17(5)12-15-10(9(3)4)14-11(13)16-12/h8-9H,6-7H2,1-5H3,(H2,13,14,15,16). The molecule has 5 heteroatoms. The highest BCUT2D eigenvalue weighted by atomic mass is 15.3. The van der Waals surface area contributed by atoms with Gasteiger partial charge in [0, 0.05) is 19.5 Å². The number of aromatic nitrogens is 3. The fourth-order valence-electron chi connectivity index (χ4n) is 1.38. The largest absolute Gasteiger partial charge is 0.368 e. The molecule has 0 spiro atoms. The molecule has 0 atom stereocenters. The van der Waals surface area contributed by atoms with E-state index >= 15 is 0 Å². The van der Waals surface area contributed by atoms with E-state index in [1.807, 2.05) is 25.8 Å². The molecule has 0 bridgehead atoms. The summed E-state index contributed by atoms with van der Waals surface area (Å²) in [6, 6.07) is 0. The van der Waals surface area contributed by atoms with Crippen LogP contribution in [-0.4, -0.2) is 28.5 Å². The summed E-state index contributed by atoms with van der Waals surface area (Å²) in [5.41, 5.74) is 5.70. The molecule has 1 aromatic rings. The van der Waals surface area contributed by atoms with Crippen LogP contribution in [0.25, 0.3) is 0 Å². The number of anilines is 2. The maximum absolute atomic E-state index is 5.70. The van der Waals surface area contributed by atoms with Gasteiger partial charge in [0.05, 0.1) is 0 Å². The number of hydrogen-bond donors (Lipinski definition) is 1. The van der Waals surface area contributed by atoms with Crippen molar-refractivity contribution in [1.82, 2.24) is 15.0 Å². The average Bonchev–Trinajstić information content (AvgIpc) is 2.24. The van der Waals surface area contributed by atoms with Crippen molar-refractivity contribution >= 4 is 11.9 Å². The second kappa shape index (κ2) is 5.80. The second-order valence-electron chi connectivity index (χ2n) is 5.11. The number of nitrogens with two attached hydrogens (primary N) is 1. The lowest BCUT2D eigenvalue weighted by Gasteiger charge is -2.19. The van der Waals surface area contributed by atoms with Crippen molar-refractivity contribution in [2.45, 2.75) is 40.0 Å². The zero-order valence-corrected chi connectivity index (χ0v) is 11.4. The molecule has 0 radical (unpaired) electrons. The molecule has 0 aliphatic rings. The summed E-state index contributed by atoms with van der Waals surface area (Å²) in [5.74, 6) is 2.65. The maximum Gasteiger partial charge on any atom is 0.230 e. The molecule has 0 aliphatic heterocycles. The molecule has 1 heterocycles. The van der Waals surface area contributed by atoms with Crippen molar-refractivity contribution in [1.29, 1.82) is 0 Å². The summed E-state index contributed by atoms with van der Waals surface area (Å²) in [4.78, 5) is 14.8. The van der Waals surface area contributed by atoms with Gasteiger partial charge in [0.2, 0.25) is 11.9 Å². The Morgan fingerprint density at radius 3 is 2.29 bits per heavy atom. The van der Waals surface area contributed by atoms with E-state index in [4.69, 9.17) is 5.73 Å². The fourth-order valence-corrected chi connectivity index (χ4v) is 1.38. The predicted octanol–water partition coefficient (Wildman–Crippen LogP) is 2.06. The number of hydrogen-bond acceptors (Lipinski definition) is 5. The molecule has 0 amide bonds. The third kappa shape index (κ3) is 4.17. The first-order chi connectivity index (χ1) is 7.90. The van der Waals surface area contributed by atoms with Crippen LogP contribution in [0, 0.1) is 5.92 Å². The van der Waals surface area contributed by atoms with Gasteiger partial charge in [-0.15, -0.1) is 0 Å².